The van der Waals surface area contributed by atoms with E-state index in [-0.39, 0.29) is 36.9 Å². The molecule has 1 saturated heterocycles. The topological polar surface area (TPSA) is 109 Å². The van der Waals surface area contributed by atoms with Gasteiger partial charge in [-0.15, -0.1) is 0 Å². The SMILES string of the molecule is CCC(=O)NCCNS(=O)(=O)C1CCS(=O)(=O)C1. The van der Waals surface area contributed by atoms with Crippen LogP contribution >= 0.6 is 0 Å². The summed E-state index contributed by atoms with van der Waals surface area (Å²) >= 11 is 0. The first kappa shape index (κ1) is 15.4. The molecule has 18 heavy (non-hydrogen) atoms. The van der Waals surface area contributed by atoms with Crippen LogP contribution in [-0.2, 0) is 24.7 Å². The van der Waals surface area contributed by atoms with Crippen LogP contribution in [0.5, 0.6) is 0 Å². The van der Waals surface area contributed by atoms with Gasteiger partial charge in [0.25, 0.3) is 0 Å². The molecule has 1 aliphatic rings. The summed E-state index contributed by atoms with van der Waals surface area (Å²) in [7, 11) is -6.83. The first-order valence-corrected chi connectivity index (χ1v) is 9.09. The van der Waals surface area contributed by atoms with Gasteiger partial charge in [-0.2, -0.15) is 0 Å². The molecular weight excluding hydrogens is 280 g/mol. The van der Waals surface area contributed by atoms with Gasteiger partial charge in [-0.1, -0.05) is 6.92 Å². The number of sulfonamides is 1. The lowest BCUT2D eigenvalue weighted by molar-refractivity contribution is -0.120. The molecule has 1 amide bonds. The lowest BCUT2D eigenvalue weighted by Crippen LogP contribution is -2.39. The van der Waals surface area contributed by atoms with Crippen LogP contribution in [0.3, 0.4) is 0 Å². The Morgan fingerprint density at radius 1 is 1.33 bits per heavy atom. The molecule has 7 nitrogen and oxygen atoms in total. The van der Waals surface area contributed by atoms with Crippen LogP contribution in [0.2, 0.25) is 0 Å². The number of nitrogens with one attached hydrogen (secondary N) is 2. The van der Waals surface area contributed by atoms with Crippen molar-refractivity contribution in [3.63, 3.8) is 0 Å². The van der Waals surface area contributed by atoms with E-state index < -0.39 is 25.1 Å². The molecular formula is C9H18N2O5S2. The maximum Gasteiger partial charge on any atom is 0.219 e. The predicted octanol–water partition coefficient (Wildman–Crippen LogP) is -1.38. The van der Waals surface area contributed by atoms with E-state index in [0.29, 0.717) is 6.42 Å². The van der Waals surface area contributed by atoms with E-state index in [1.54, 1.807) is 6.92 Å². The van der Waals surface area contributed by atoms with Crippen LogP contribution in [0, 0.1) is 0 Å². The van der Waals surface area contributed by atoms with E-state index in [1.807, 2.05) is 0 Å². The maximum atomic E-state index is 11.7. The molecule has 0 radical (unpaired) electrons. The van der Waals surface area contributed by atoms with E-state index in [0.717, 1.165) is 0 Å². The Hall–Kier alpha value is -0.670. The fraction of sp³-hybridized carbons (Fsp3) is 0.889. The third-order valence-corrected chi connectivity index (χ3v) is 6.57. The predicted molar refractivity (Wildman–Crippen MR) is 67.3 cm³/mol. The Morgan fingerprint density at radius 2 is 2.00 bits per heavy atom. The third-order valence-electron chi connectivity index (χ3n) is 2.70. The molecule has 0 aliphatic carbocycles. The number of sulfone groups is 1. The number of carbonyl (C=O) groups is 1. The highest BCUT2D eigenvalue weighted by atomic mass is 32.2. The van der Waals surface area contributed by atoms with E-state index in [4.69, 9.17) is 0 Å². The zero-order valence-corrected chi connectivity index (χ0v) is 11.8. The number of amides is 1. The third kappa shape index (κ3) is 4.54. The molecule has 0 spiro atoms. The molecule has 0 aromatic heterocycles. The van der Waals surface area contributed by atoms with Crippen molar-refractivity contribution in [1.29, 1.82) is 0 Å². The summed E-state index contributed by atoms with van der Waals surface area (Å²) < 4.78 is 48.2. The molecule has 1 fully saturated rings. The number of hydrogen-bond acceptors (Lipinski definition) is 5. The zero-order valence-electron chi connectivity index (χ0n) is 10.2. The van der Waals surface area contributed by atoms with E-state index in [2.05, 4.69) is 10.0 Å². The van der Waals surface area contributed by atoms with Crippen molar-refractivity contribution in [2.75, 3.05) is 24.6 Å². The Morgan fingerprint density at radius 3 is 2.50 bits per heavy atom. The standard InChI is InChI=1S/C9H18N2O5S2/c1-2-9(12)10-4-5-11-18(15,16)8-3-6-17(13,14)7-8/h8,11H,2-7H2,1H3,(H,10,12). The van der Waals surface area contributed by atoms with Crippen molar-refractivity contribution >= 4 is 25.8 Å². The molecule has 0 aromatic carbocycles. The minimum absolute atomic E-state index is 0.0740. The van der Waals surface area contributed by atoms with Gasteiger partial charge in [0, 0.05) is 19.5 Å². The largest absolute Gasteiger partial charge is 0.355 e. The van der Waals surface area contributed by atoms with Gasteiger partial charge in [-0.3, -0.25) is 4.79 Å². The molecule has 106 valence electrons. The van der Waals surface area contributed by atoms with Crippen molar-refractivity contribution in [2.45, 2.75) is 25.0 Å². The molecule has 0 aromatic rings. The zero-order chi connectivity index (χ0) is 13.8. The lowest BCUT2D eigenvalue weighted by Gasteiger charge is -2.11. The van der Waals surface area contributed by atoms with Gasteiger partial charge in [0.15, 0.2) is 9.84 Å². The fourth-order valence-electron chi connectivity index (χ4n) is 1.64. The van der Waals surface area contributed by atoms with Gasteiger partial charge in [0.1, 0.15) is 0 Å². The van der Waals surface area contributed by atoms with Crippen LogP contribution < -0.4 is 10.0 Å². The monoisotopic (exact) mass is 298 g/mol. The Bertz CT molecular complexity index is 497. The molecule has 0 saturated carbocycles. The summed E-state index contributed by atoms with van der Waals surface area (Å²) in [6.07, 6.45) is 0.479. The van der Waals surface area contributed by atoms with Crippen molar-refractivity contribution in [2.24, 2.45) is 0 Å². The van der Waals surface area contributed by atoms with Crippen LogP contribution in [0.15, 0.2) is 0 Å². The second-order valence-electron chi connectivity index (χ2n) is 4.17. The minimum atomic E-state index is -3.62. The number of rotatable bonds is 6. The highest BCUT2D eigenvalue weighted by molar-refractivity contribution is 7.95. The van der Waals surface area contributed by atoms with Gasteiger partial charge in [-0.25, -0.2) is 21.6 Å². The Balaban J connectivity index is 2.39. The number of hydrogen-bond donors (Lipinski definition) is 2. The quantitative estimate of drug-likeness (QED) is 0.587. The highest BCUT2D eigenvalue weighted by Gasteiger charge is 2.36. The highest BCUT2D eigenvalue weighted by Crippen LogP contribution is 2.17. The smallest absolute Gasteiger partial charge is 0.219 e. The Labute approximate surface area is 107 Å². The Kier molecular flexibility index (Phi) is 5.11. The van der Waals surface area contributed by atoms with Crippen molar-refractivity contribution < 1.29 is 21.6 Å². The summed E-state index contributed by atoms with van der Waals surface area (Å²) in [6.45, 7) is 1.97. The molecule has 1 atom stereocenters. The average Bonchev–Trinajstić information content (AvgIpc) is 2.65. The molecule has 1 rings (SSSR count). The van der Waals surface area contributed by atoms with Gasteiger partial charge in [0.05, 0.1) is 16.8 Å². The maximum absolute atomic E-state index is 11.7. The van der Waals surface area contributed by atoms with Gasteiger partial charge < -0.3 is 5.32 Å². The molecule has 0 bridgehead atoms. The fourth-order valence-corrected chi connectivity index (χ4v) is 5.73. The van der Waals surface area contributed by atoms with Crippen molar-refractivity contribution in [1.82, 2.24) is 10.0 Å². The second-order valence-corrected chi connectivity index (χ2v) is 8.44. The summed E-state index contributed by atoms with van der Waals surface area (Å²) in [6, 6.07) is 0. The minimum Gasteiger partial charge on any atom is -0.355 e. The van der Waals surface area contributed by atoms with E-state index >= 15 is 0 Å². The lowest BCUT2D eigenvalue weighted by atomic mass is 10.4. The molecule has 1 unspecified atom stereocenters. The summed E-state index contributed by atoms with van der Waals surface area (Å²) in [5, 5.41) is 1.66. The van der Waals surface area contributed by atoms with E-state index in [9.17, 15) is 21.6 Å². The number of carbonyl (C=O) groups excluding carboxylic acids is 1. The van der Waals surface area contributed by atoms with Crippen molar-refractivity contribution in [3.8, 4) is 0 Å². The van der Waals surface area contributed by atoms with Crippen LogP contribution in [0.25, 0.3) is 0 Å². The molecule has 9 heteroatoms. The van der Waals surface area contributed by atoms with Gasteiger partial charge >= 0.3 is 0 Å². The molecule has 2 N–H and O–H groups in total. The van der Waals surface area contributed by atoms with Crippen LogP contribution in [0.1, 0.15) is 19.8 Å². The summed E-state index contributed by atoms with van der Waals surface area (Å²) in [4.78, 5) is 10.9. The normalized spacial score (nSPS) is 22.8. The first-order valence-electron chi connectivity index (χ1n) is 5.72. The van der Waals surface area contributed by atoms with Crippen LogP contribution in [-0.4, -0.2) is 52.6 Å². The summed E-state index contributed by atoms with van der Waals surface area (Å²) in [5.74, 6) is -0.549. The molecule has 1 heterocycles. The molecule has 1 aliphatic heterocycles. The van der Waals surface area contributed by atoms with Crippen molar-refractivity contribution in [3.05, 3.63) is 0 Å². The van der Waals surface area contributed by atoms with Crippen LogP contribution in [0.4, 0.5) is 0 Å². The average molecular weight is 298 g/mol. The first-order chi connectivity index (χ1) is 8.27. The second kappa shape index (κ2) is 5.98. The van der Waals surface area contributed by atoms with Gasteiger partial charge in [-0.05, 0) is 6.42 Å². The summed E-state index contributed by atoms with van der Waals surface area (Å²) in [5.41, 5.74) is 0. The van der Waals surface area contributed by atoms with Gasteiger partial charge in [0.2, 0.25) is 15.9 Å². The van der Waals surface area contributed by atoms with E-state index in [1.165, 1.54) is 0 Å².